The van der Waals surface area contributed by atoms with Gasteiger partial charge in [0.25, 0.3) is 0 Å². The molecule has 0 atom stereocenters. The topological polar surface area (TPSA) is 35.5 Å². The second-order valence-corrected chi connectivity index (χ2v) is 4.94. The molecule has 0 radical (unpaired) electrons. The number of rotatable bonds is 3. The highest BCUT2D eigenvalue weighted by Gasteiger charge is 2.24. The Hall–Kier alpha value is -2.14. The molecule has 0 bridgehead atoms. The molecular weight excluding hydrogens is 314 g/mol. The number of esters is 1. The molecule has 0 saturated carbocycles. The Labute approximate surface area is 131 Å². The first-order valence-electron chi connectivity index (χ1n) is 6.32. The van der Waals surface area contributed by atoms with Crippen molar-refractivity contribution in [2.75, 3.05) is 14.2 Å². The standard InChI is InChI=1S/C16H13ClF2O3/c1-8-9(16(20)22-3)7-10(17)13(15(8)19)14-11(18)5-4-6-12(14)21-2/h4-7H,1-3H3. The normalized spacial score (nSPS) is 10.5. The van der Waals surface area contributed by atoms with Crippen molar-refractivity contribution in [2.45, 2.75) is 6.92 Å². The van der Waals surface area contributed by atoms with E-state index in [0.717, 1.165) is 0 Å². The minimum atomic E-state index is -0.795. The van der Waals surface area contributed by atoms with Gasteiger partial charge in [0.05, 0.1) is 30.4 Å². The number of carbonyl (C=O) groups excluding carboxylic acids is 1. The summed E-state index contributed by atoms with van der Waals surface area (Å²) in [6.45, 7) is 1.40. The molecule has 0 saturated heterocycles. The van der Waals surface area contributed by atoms with Gasteiger partial charge in [-0.1, -0.05) is 17.7 Å². The molecule has 0 unspecified atom stereocenters. The summed E-state index contributed by atoms with van der Waals surface area (Å²) in [4.78, 5) is 11.6. The first-order valence-corrected chi connectivity index (χ1v) is 6.70. The Morgan fingerprint density at radius 2 is 1.86 bits per heavy atom. The van der Waals surface area contributed by atoms with Crippen molar-refractivity contribution in [1.82, 2.24) is 0 Å². The summed E-state index contributed by atoms with van der Waals surface area (Å²) in [5.74, 6) is -2.04. The van der Waals surface area contributed by atoms with E-state index in [1.807, 2.05) is 0 Å². The Bertz CT molecular complexity index is 745. The van der Waals surface area contributed by atoms with E-state index < -0.39 is 17.6 Å². The molecule has 22 heavy (non-hydrogen) atoms. The number of methoxy groups -OCH3 is 2. The van der Waals surface area contributed by atoms with Gasteiger partial charge in [-0.2, -0.15) is 0 Å². The van der Waals surface area contributed by atoms with Gasteiger partial charge >= 0.3 is 5.97 Å². The fourth-order valence-corrected chi connectivity index (χ4v) is 2.47. The molecule has 2 aromatic rings. The maximum atomic E-state index is 14.7. The molecule has 3 nitrogen and oxygen atoms in total. The zero-order chi connectivity index (χ0) is 16.4. The summed E-state index contributed by atoms with van der Waals surface area (Å²) >= 11 is 6.07. The summed E-state index contributed by atoms with van der Waals surface area (Å²) in [6, 6.07) is 5.38. The van der Waals surface area contributed by atoms with Crippen LogP contribution < -0.4 is 4.74 Å². The lowest BCUT2D eigenvalue weighted by Crippen LogP contribution is -2.07. The smallest absolute Gasteiger partial charge is 0.338 e. The highest BCUT2D eigenvalue weighted by molar-refractivity contribution is 6.34. The van der Waals surface area contributed by atoms with Crippen LogP contribution in [0.1, 0.15) is 15.9 Å². The highest BCUT2D eigenvalue weighted by atomic mass is 35.5. The highest BCUT2D eigenvalue weighted by Crippen LogP contribution is 2.40. The lowest BCUT2D eigenvalue weighted by atomic mass is 9.97. The van der Waals surface area contributed by atoms with Crippen molar-refractivity contribution in [3.8, 4) is 16.9 Å². The van der Waals surface area contributed by atoms with Crippen LogP contribution in [0.5, 0.6) is 5.75 Å². The van der Waals surface area contributed by atoms with Gasteiger partial charge in [-0.05, 0) is 30.7 Å². The number of hydrogen-bond acceptors (Lipinski definition) is 3. The Morgan fingerprint density at radius 3 is 2.45 bits per heavy atom. The third kappa shape index (κ3) is 2.64. The van der Waals surface area contributed by atoms with Crippen LogP contribution in [0.25, 0.3) is 11.1 Å². The van der Waals surface area contributed by atoms with Crippen molar-refractivity contribution in [2.24, 2.45) is 0 Å². The average Bonchev–Trinajstić information content (AvgIpc) is 2.51. The summed E-state index contributed by atoms with van der Waals surface area (Å²) in [6.07, 6.45) is 0. The number of hydrogen-bond donors (Lipinski definition) is 0. The number of halogens is 3. The minimum Gasteiger partial charge on any atom is -0.496 e. The summed E-state index contributed by atoms with van der Waals surface area (Å²) < 4.78 is 38.5. The molecule has 0 aliphatic carbocycles. The predicted octanol–water partition coefficient (Wildman–Crippen LogP) is 4.39. The first kappa shape index (κ1) is 16.2. The van der Waals surface area contributed by atoms with E-state index in [1.54, 1.807) is 0 Å². The van der Waals surface area contributed by atoms with E-state index in [2.05, 4.69) is 4.74 Å². The van der Waals surface area contributed by atoms with Crippen LogP contribution in [0.2, 0.25) is 5.02 Å². The summed E-state index contributed by atoms with van der Waals surface area (Å²) in [7, 11) is 2.53. The van der Waals surface area contributed by atoms with Crippen molar-refractivity contribution < 1.29 is 23.0 Å². The first-order chi connectivity index (χ1) is 10.4. The van der Waals surface area contributed by atoms with Gasteiger partial charge in [-0.25, -0.2) is 13.6 Å². The van der Waals surface area contributed by atoms with Crippen LogP contribution in [0.4, 0.5) is 8.78 Å². The summed E-state index contributed by atoms with van der Waals surface area (Å²) in [5.41, 5.74) is -0.227. The van der Waals surface area contributed by atoms with E-state index in [-0.39, 0.29) is 33.0 Å². The van der Waals surface area contributed by atoms with Crippen LogP contribution in [0.15, 0.2) is 24.3 Å². The second-order valence-electron chi connectivity index (χ2n) is 4.53. The Kier molecular flexibility index (Phi) is 4.66. The van der Waals surface area contributed by atoms with Gasteiger partial charge in [-0.3, -0.25) is 0 Å². The lowest BCUT2D eigenvalue weighted by Gasteiger charge is -2.15. The molecule has 0 aromatic heterocycles. The van der Waals surface area contributed by atoms with Crippen molar-refractivity contribution >= 4 is 17.6 Å². The fourth-order valence-electron chi connectivity index (χ4n) is 2.19. The zero-order valence-corrected chi connectivity index (χ0v) is 12.9. The predicted molar refractivity (Wildman–Crippen MR) is 79.4 cm³/mol. The fraction of sp³-hybridized carbons (Fsp3) is 0.188. The van der Waals surface area contributed by atoms with Crippen LogP contribution in [0, 0.1) is 18.6 Å². The third-order valence-corrected chi connectivity index (χ3v) is 3.61. The quantitative estimate of drug-likeness (QED) is 0.785. The van der Waals surface area contributed by atoms with Gasteiger partial charge in [0.1, 0.15) is 17.4 Å². The molecule has 0 spiro atoms. The third-order valence-electron chi connectivity index (χ3n) is 3.31. The molecule has 0 fully saturated rings. The zero-order valence-electron chi connectivity index (χ0n) is 12.2. The molecule has 6 heteroatoms. The summed E-state index contributed by atoms with van der Waals surface area (Å²) in [5, 5.41) is -0.105. The van der Waals surface area contributed by atoms with E-state index in [4.69, 9.17) is 16.3 Å². The van der Waals surface area contributed by atoms with Gasteiger partial charge in [0.2, 0.25) is 0 Å². The van der Waals surface area contributed by atoms with E-state index in [1.165, 1.54) is 45.4 Å². The number of ether oxygens (including phenoxy) is 2. The van der Waals surface area contributed by atoms with Gasteiger partial charge < -0.3 is 9.47 Å². The van der Waals surface area contributed by atoms with Crippen molar-refractivity contribution in [1.29, 1.82) is 0 Å². The van der Waals surface area contributed by atoms with E-state index in [9.17, 15) is 13.6 Å². The average molecular weight is 327 g/mol. The molecule has 0 N–H and O–H groups in total. The molecule has 2 aromatic carbocycles. The van der Waals surface area contributed by atoms with Crippen LogP contribution in [-0.4, -0.2) is 20.2 Å². The lowest BCUT2D eigenvalue weighted by molar-refractivity contribution is 0.0599. The van der Waals surface area contributed by atoms with Crippen molar-refractivity contribution in [3.63, 3.8) is 0 Å². The van der Waals surface area contributed by atoms with Crippen molar-refractivity contribution in [3.05, 3.63) is 52.0 Å². The SMILES string of the molecule is COC(=O)c1cc(Cl)c(-c2c(F)cccc2OC)c(F)c1C. The monoisotopic (exact) mass is 326 g/mol. The minimum absolute atomic E-state index is 0.0101. The maximum Gasteiger partial charge on any atom is 0.338 e. The van der Waals surface area contributed by atoms with Crippen LogP contribution in [0.3, 0.4) is 0 Å². The van der Waals surface area contributed by atoms with E-state index >= 15 is 0 Å². The Balaban J connectivity index is 2.79. The number of benzene rings is 2. The molecule has 116 valence electrons. The Morgan fingerprint density at radius 1 is 1.18 bits per heavy atom. The van der Waals surface area contributed by atoms with Crippen LogP contribution in [-0.2, 0) is 4.74 Å². The van der Waals surface area contributed by atoms with Gasteiger partial charge in [0.15, 0.2) is 0 Å². The second kappa shape index (κ2) is 6.32. The number of carbonyl (C=O) groups is 1. The molecule has 0 aliphatic rings. The molecule has 0 aliphatic heterocycles. The maximum absolute atomic E-state index is 14.7. The largest absolute Gasteiger partial charge is 0.496 e. The molecule has 0 amide bonds. The van der Waals surface area contributed by atoms with Gasteiger partial charge in [0, 0.05) is 5.56 Å². The van der Waals surface area contributed by atoms with E-state index in [0.29, 0.717) is 0 Å². The molecule has 2 rings (SSSR count). The van der Waals surface area contributed by atoms with Gasteiger partial charge in [-0.15, -0.1) is 0 Å². The molecule has 0 heterocycles. The molecular formula is C16H13ClF2O3. The van der Waals surface area contributed by atoms with Crippen LogP contribution >= 0.6 is 11.6 Å².